The molecule has 0 radical (unpaired) electrons. The number of ether oxygens (including phenoxy) is 3. The van der Waals surface area contributed by atoms with Gasteiger partial charge in [-0.05, 0) is 43.7 Å². The molecule has 2 unspecified atom stereocenters. The summed E-state index contributed by atoms with van der Waals surface area (Å²) in [6.07, 6.45) is -0.757. The topological polar surface area (TPSA) is 154 Å². The maximum atomic E-state index is 12.6. The van der Waals surface area contributed by atoms with Gasteiger partial charge < -0.3 is 19.5 Å². The van der Waals surface area contributed by atoms with E-state index >= 15 is 0 Å². The van der Waals surface area contributed by atoms with Gasteiger partial charge in [0, 0.05) is 44.0 Å². The summed E-state index contributed by atoms with van der Waals surface area (Å²) in [7, 11) is 0. The molecule has 2 atom stereocenters. The van der Waals surface area contributed by atoms with E-state index in [0.29, 0.717) is 37.4 Å². The number of hydrogen-bond donors (Lipinski definition) is 3. The summed E-state index contributed by atoms with van der Waals surface area (Å²) in [5.41, 5.74) is 1.99. The average Bonchev–Trinajstić information content (AvgIpc) is 3.39. The van der Waals surface area contributed by atoms with Crippen molar-refractivity contribution in [3.05, 3.63) is 65.7 Å². The molecule has 2 fully saturated rings. The van der Waals surface area contributed by atoms with Crippen molar-refractivity contribution in [1.29, 1.82) is 5.41 Å². The van der Waals surface area contributed by atoms with Gasteiger partial charge in [-0.3, -0.25) is 35.0 Å². The Morgan fingerprint density at radius 2 is 1.72 bits per heavy atom. The van der Waals surface area contributed by atoms with Crippen LogP contribution in [-0.4, -0.2) is 104 Å². The molecule has 230 valence electrons. The first kappa shape index (κ1) is 31.4. The molecule has 3 N–H and O–H groups in total. The molecule has 0 aliphatic carbocycles. The van der Waals surface area contributed by atoms with E-state index in [1.54, 1.807) is 36.1 Å². The minimum atomic E-state index is -0.702. The number of cyclic esters (lactones) is 1. The summed E-state index contributed by atoms with van der Waals surface area (Å²) < 4.78 is 15.9. The number of piperazine rings is 1. The van der Waals surface area contributed by atoms with Gasteiger partial charge in [-0.15, -0.1) is 0 Å². The lowest BCUT2D eigenvalue weighted by atomic mass is 10.1. The smallest absolute Gasteiger partial charge is 0.414 e. The first-order valence-corrected chi connectivity index (χ1v) is 14.3. The Labute approximate surface area is 250 Å². The van der Waals surface area contributed by atoms with Crippen LogP contribution in [0.15, 0.2) is 54.6 Å². The van der Waals surface area contributed by atoms with Gasteiger partial charge in [0.25, 0.3) is 0 Å². The van der Waals surface area contributed by atoms with Crippen LogP contribution in [0.5, 0.6) is 0 Å². The SMILES string of the molecule is CCOC(=O)CNC(=O)NC(=N)c1ccc(N2CC(CN3CCN(C(C)C(=O)OCc4ccccc4)CC3)OC2=O)cc1. The van der Waals surface area contributed by atoms with Crippen molar-refractivity contribution in [3.8, 4) is 0 Å². The number of carbonyl (C=O) groups excluding carboxylic acids is 4. The molecule has 2 aliphatic rings. The number of rotatable bonds is 11. The van der Waals surface area contributed by atoms with E-state index < -0.39 is 18.1 Å². The van der Waals surface area contributed by atoms with Crippen LogP contribution in [0.1, 0.15) is 25.0 Å². The van der Waals surface area contributed by atoms with Gasteiger partial charge in [-0.25, -0.2) is 9.59 Å². The molecule has 2 heterocycles. The van der Waals surface area contributed by atoms with Gasteiger partial charge in [-0.1, -0.05) is 30.3 Å². The zero-order chi connectivity index (χ0) is 30.8. The highest BCUT2D eigenvalue weighted by Crippen LogP contribution is 2.23. The molecule has 4 rings (SSSR count). The van der Waals surface area contributed by atoms with Gasteiger partial charge in [0.15, 0.2) is 0 Å². The molecular weight excluding hydrogens is 556 g/mol. The second-order valence-electron chi connectivity index (χ2n) is 10.3. The maximum absolute atomic E-state index is 12.6. The summed E-state index contributed by atoms with van der Waals surface area (Å²) in [5, 5.41) is 12.8. The molecule has 0 spiro atoms. The van der Waals surface area contributed by atoms with Crippen LogP contribution in [0.25, 0.3) is 0 Å². The normalized spacial score (nSPS) is 18.0. The van der Waals surface area contributed by atoms with Gasteiger partial charge in [0.2, 0.25) is 0 Å². The fourth-order valence-corrected chi connectivity index (χ4v) is 4.85. The number of esters is 2. The lowest BCUT2D eigenvalue weighted by molar-refractivity contribution is -0.151. The highest BCUT2D eigenvalue weighted by atomic mass is 16.6. The third-order valence-electron chi connectivity index (χ3n) is 7.26. The van der Waals surface area contributed by atoms with E-state index in [2.05, 4.69) is 20.4 Å². The first-order chi connectivity index (χ1) is 20.7. The zero-order valence-electron chi connectivity index (χ0n) is 24.4. The van der Waals surface area contributed by atoms with Gasteiger partial charge in [0.1, 0.15) is 31.1 Å². The summed E-state index contributed by atoms with van der Waals surface area (Å²) in [5.74, 6) is -0.975. The molecule has 2 saturated heterocycles. The molecule has 0 aromatic heterocycles. The molecule has 13 heteroatoms. The summed E-state index contributed by atoms with van der Waals surface area (Å²) >= 11 is 0. The second kappa shape index (κ2) is 15.1. The largest absolute Gasteiger partial charge is 0.465 e. The Hall–Kier alpha value is -4.49. The average molecular weight is 595 g/mol. The lowest BCUT2D eigenvalue weighted by Gasteiger charge is -2.37. The van der Waals surface area contributed by atoms with Crippen LogP contribution in [-0.2, 0) is 30.4 Å². The van der Waals surface area contributed by atoms with E-state index in [9.17, 15) is 19.2 Å². The minimum absolute atomic E-state index is 0.160. The first-order valence-electron chi connectivity index (χ1n) is 14.3. The highest BCUT2D eigenvalue weighted by Gasteiger charge is 2.35. The number of carbonyl (C=O) groups is 4. The van der Waals surface area contributed by atoms with Crippen LogP contribution < -0.4 is 15.5 Å². The maximum Gasteiger partial charge on any atom is 0.414 e. The van der Waals surface area contributed by atoms with Crippen molar-refractivity contribution in [2.75, 3.05) is 57.3 Å². The molecule has 43 heavy (non-hydrogen) atoms. The third kappa shape index (κ3) is 9.00. The number of urea groups is 1. The molecule has 0 saturated carbocycles. The minimum Gasteiger partial charge on any atom is -0.465 e. The highest BCUT2D eigenvalue weighted by molar-refractivity contribution is 6.06. The fraction of sp³-hybridized carbons (Fsp3) is 0.433. The van der Waals surface area contributed by atoms with Gasteiger partial charge in [0.05, 0.1) is 13.2 Å². The van der Waals surface area contributed by atoms with E-state index in [0.717, 1.165) is 18.7 Å². The number of hydrogen-bond acceptors (Lipinski definition) is 10. The fourth-order valence-electron chi connectivity index (χ4n) is 4.85. The van der Waals surface area contributed by atoms with Crippen molar-refractivity contribution >= 4 is 35.6 Å². The van der Waals surface area contributed by atoms with E-state index in [-0.39, 0.29) is 43.7 Å². The van der Waals surface area contributed by atoms with Crippen molar-refractivity contribution < 1.29 is 33.4 Å². The molecule has 2 aliphatic heterocycles. The predicted octanol–water partition coefficient (Wildman–Crippen LogP) is 1.95. The quantitative estimate of drug-likeness (QED) is 0.153. The van der Waals surface area contributed by atoms with Crippen LogP contribution in [0, 0.1) is 5.41 Å². The van der Waals surface area contributed by atoms with E-state index in [4.69, 9.17) is 19.6 Å². The van der Waals surface area contributed by atoms with E-state index in [1.165, 1.54) is 0 Å². The summed E-state index contributed by atoms with van der Waals surface area (Å²) in [4.78, 5) is 54.4. The van der Waals surface area contributed by atoms with Crippen molar-refractivity contribution in [2.24, 2.45) is 0 Å². The molecule has 2 aromatic rings. The Morgan fingerprint density at radius 1 is 1.02 bits per heavy atom. The number of amidine groups is 1. The zero-order valence-corrected chi connectivity index (χ0v) is 24.4. The second-order valence-corrected chi connectivity index (χ2v) is 10.3. The Kier molecular flexibility index (Phi) is 11.1. The van der Waals surface area contributed by atoms with Gasteiger partial charge in [-0.2, -0.15) is 0 Å². The van der Waals surface area contributed by atoms with Gasteiger partial charge >= 0.3 is 24.1 Å². The molecular formula is C30H38N6O7. The summed E-state index contributed by atoms with van der Waals surface area (Å²) in [6, 6.07) is 15.2. The number of amides is 3. The number of nitrogens with zero attached hydrogens (tertiary/aromatic N) is 3. The predicted molar refractivity (Wildman–Crippen MR) is 158 cm³/mol. The Morgan fingerprint density at radius 3 is 2.40 bits per heavy atom. The van der Waals surface area contributed by atoms with Crippen molar-refractivity contribution in [3.63, 3.8) is 0 Å². The number of anilines is 1. The third-order valence-corrected chi connectivity index (χ3v) is 7.26. The summed E-state index contributed by atoms with van der Waals surface area (Å²) in [6.45, 7) is 7.53. The monoisotopic (exact) mass is 594 g/mol. The van der Waals surface area contributed by atoms with Crippen LogP contribution >= 0.6 is 0 Å². The van der Waals surface area contributed by atoms with Crippen LogP contribution in [0.3, 0.4) is 0 Å². The number of benzene rings is 2. The molecule has 2 aromatic carbocycles. The molecule has 0 bridgehead atoms. The Balaban J connectivity index is 1.19. The van der Waals surface area contributed by atoms with Crippen molar-refractivity contribution in [2.45, 2.75) is 32.6 Å². The van der Waals surface area contributed by atoms with Crippen molar-refractivity contribution in [1.82, 2.24) is 20.4 Å². The van der Waals surface area contributed by atoms with E-state index in [1.807, 2.05) is 37.3 Å². The van der Waals surface area contributed by atoms with Crippen LogP contribution in [0.2, 0.25) is 0 Å². The standard InChI is InChI=1S/C30H38N6O7/c1-3-41-26(37)17-32-29(39)33-27(31)23-9-11-24(12-10-23)36-19-25(43-30(36)40)18-34-13-15-35(16-14-34)21(2)28(38)42-20-22-7-5-4-6-8-22/h4-12,21,25H,3,13-20H2,1-2H3,(H3,31,32,33,39). The van der Waals surface area contributed by atoms with Crippen LogP contribution in [0.4, 0.5) is 15.3 Å². The molecule has 13 nitrogen and oxygen atoms in total. The molecule has 3 amide bonds. The number of nitrogens with one attached hydrogen (secondary N) is 3. The Bertz CT molecular complexity index is 1280. The lowest BCUT2D eigenvalue weighted by Crippen LogP contribution is -2.53.